The minimum atomic E-state index is -0.478. The molecule has 1 heterocycles. The van der Waals surface area contributed by atoms with E-state index in [1.165, 1.54) is 6.07 Å². The monoisotopic (exact) mass is 233 g/mol. The molecular weight excluding hydrogens is 217 g/mol. The Kier molecular flexibility index (Phi) is 3.72. The summed E-state index contributed by atoms with van der Waals surface area (Å²) in [6, 6.07) is 6.33. The van der Waals surface area contributed by atoms with E-state index in [1.807, 2.05) is 6.07 Å². The quantitative estimate of drug-likeness (QED) is 0.817. The average molecular weight is 233 g/mol. The van der Waals surface area contributed by atoms with Crippen molar-refractivity contribution in [2.45, 2.75) is 18.9 Å². The Hall–Kier alpha value is -1.44. The van der Waals surface area contributed by atoms with E-state index in [0.717, 1.165) is 31.5 Å². The summed E-state index contributed by atoms with van der Waals surface area (Å²) in [5, 5.41) is 12.1. The molecule has 90 valence electrons. The van der Waals surface area contributed by atoms with Crippen molar-refractivity contribution in [3.05, 3.63) is 35.1 Å². The third-order valence-electron chi connectivity index (χ3n) is 3.39. The summed E-state index contributed by atoms with van der Waals surface area (Å²) < 4.78 is 13.2. The third-order valence-corrected chi connectivity index (χ3v) is 3.39. The van der Waals surface area contributed by atoms with E-state index in [-0.39, 0.29) is 11.6 Å². The van der Waals surface area contributed by atoms with Gasteiger partial charge in [0.15, 0.2) is 0 Å². The smallest absolute Gasteiger partial charge is 0.140 e. The molecule has 0 bridgehead atoms. The molecule has 1 aliphatic rings. The van der Waals surface area contributed by atoms with Gasteiger partial charge in [-0.25, -0.2) is 4.39 Å². The number of halogens is 1. The van der Waals surface area contributed by atoms with Gasteiger partial charge in [0.05, 0.1) is 5.56 Å². The Morgan fingerprint density at radius 3 is 2.76 bits per heavy atom. The molecule has 1 aliphatic heterocycles. The molecule has 1 saturated heterocycles. The fraction of sp³-hybridized carbons (Fsp3) is 0.462. The first-order chi connectivity index (χ1) is 8.22. The van der Waals surface area contributed by atoms with E-state index in [2.05, 4.69) is 5.32 Å². The standard InChI is InChI=1S/C13H16FN3/c14-12-2-1-10(7-11(12)8-15)13(16)9-3-5-17-6-4-9/h1-2,7,9,13,17H,3-6,16H2/t13-/m1/s1. The summed E-state index contributed by atoms with van der Waals surface area (Å²) in [5.74, 6) is -0.0676. The molecule has 0 unspecified atom stereocenters. The van der Waals surface area contributed by atoms with Gasteiger partial charge in [-0.3, -0.25) is 0 Å². The Morgan fingerprint density at radius 2 is 2.12 bits per heavy atom. The highest BCUT2D eigenvalue weighted by atomic mass is 19.1. The zero-order valence-electron chi connectivity index (χ0n) is 9.62. The number of rotatable bonds is 2. The molecule has 1 fully saturated rings. The SMILES string of the molecule is N#Cc1cc([C@H](N)C2CCNCC2)ccc1F. The highest BCUT2D eigenvalue weighted by Crippen LogP contribution is 2.27. The molecule has 3 N–H and O–H groups in total. The molecule has 1 aromatic rings. The maximum absolute atomic E-state index is 13.2. The molecule has 0 saturated carbocycles. The second-order valence-corrected chi connectivity index (χ2v) is 4.46. The summed E-state index contributed by atoms with van der Waals surface area (Å²) in [6.45, 7) is 1.95. The number of piperidine rings is 1. The average Bonchev–Trinajstić information content (AvgIpc) is 2.39. The van der Waals surface area contributed by atoms with Gasteiger partial charge in [0.2, 0.25) is 0 Å². The van der Waals surface area contributed by atoms with Crippen molar-refractivity contribution in [2.75, 3.05) is 13.1 Å². The van der Waals surface area contributed by atoms with Gasteiger partial charge < -0.3 is 11.1 Å². The predicted molar refractivity (Wildman–Crippen MR) is 63.6 cm³/mol. The Labute approximate surface area is 100 Å². The van der Waals surface area contributed by atoms with Crippen molar-refractivity contribution < 1.29 is 4.39 Å². The second kappa shape index (κ2) is 5.26. The number of nitrogens with zero attached hydrogens (tertiary/aromatic N) is 1. The number of nitriles is 1. The molecule has 0 aromatic heterocycles. The van der Waals surface area contributed by atoms with Crippen LogP contribution in [0.5, 0.6) is 0 Å². The highest BCUT2D eigenvalue weighted by molar-refractivity contribution is 5.35. The van der Waals surface area contributed by atoms with Crippen molar-refractivity contribution in [1.82, 2.24) is 5.32 Å². The molecule has 3 nitrogen and oxygen atoms in total. The number of benzene rings is 1. The number of nitrogens with two attached hydrogens (primary N) is 1. The third kappa shape index (κ3) is 2.63. The maximum Gasteiger partial charge on any atom is 0.140 e. The molecule has 1 atom stereocenters. The molecule has 0 radical (unpaired) electrons. The van der Waals surface area contributed by atoms with Crippen LogP contribution in [0.1, 0.15) is 30.0 Å². The van der Waals surface area contributed by atoms with Crippen molar-refractivity contribution in [3.63, 3.8) is 0 Å². The fourth-order valence-electron chi connectivity index (χ4n) is 2.31. The first-order valence-corrected chi connectivity index (χ1v) is 5.88. The number of nitrogens with one attached hydrogen (secondary N) is 1. The topological polar surface area (TPSA) is 61.8 Å². The summed E-state index contributed by atoms with van der Waals surface area (Å²) in [5.41, 5.74) is 7.12. The van der Waals surface area contributed by atoms with Gasteiger partial charge in [-0.1, -0.05) is 6.07 Å². The largest absolute Gasteiger partial charge is 0.324 e. The molecule has 2 rings (SSSR count). The van der Waals surface area contributed by atoms with Gasteiger partial charge in [0.25, 0.3) is 0 Å². The van der Waals surface area contributed by atoms with Gasteiger partial charge in [0, 0.05) is 6.04 Å². The van der Waals surface area contributed by atoms with Crippen LogP contribution in [-0.2, 0) is 0 Å². The van der Waals surface area contributed by atoms with E-state index >= 15 is 0 Å². The summed E-state index contributed by atoms with van der Waals surface area (Å²) >= 11 is 0. The van der Waals surface area contributed by atoms with E-state index in [0.29, 0.717) is 5.92 Å². The van der Waals surface area contributed by atoms with Gasteiger partial charge in [0.1, 0.15) is 11.9 Å². The van der Waals surface area contributed by atoms with E-state index in [9.17, 15) is 4.39 Å². The molecule has 0 aliphatic carbocycles. The van der Waals surface area contributed by atoms with Gasteiger partial charge in [-0.15, -0.1) is 0 Å². The lowest BCUT2D eigenvalue weighted by Crippen LogP contribution is -2.33. The zero-order valence-corrected chi connectivity index (χ0v) is 9.62. The number of hydrogen-bond donors (Lipinski definition) is 2. The molecule has 17 heavy (non-hydrogen) atoms. The lowest BCUT2D eigenvalue weighted by molar-refractivity contribution is 0.322. The summed E-state index contributed by atoms with van der Waals surface area (Å²) in [4.78, 5) is 0. The van der Waals surface area contributed by atoms with Crippen LogP contribution < -0.4 is 11.1 Å². The van der Waals surface area contributed by atoms with Crippen LogP contribution in [0.4, 0.5) is 4.39 Å². The molecule has 1 aromatic carbocycles. The van der Waals surface area contributed by atoms with Crippen molar-refractivity contribution in [2.24, 2.45) is 11.7 Å². The van der Waals surface area contributed by atoms with Crippen LogP contribution in [0.3, 0.4) is 0 Å². The normalized spacial score (nSPS) is 18.6. The molecule has 4 heteroatoms. The minimum absolute atomic E-state index is 0.0758. The van der Waals surface area contributed by atoms with Crippen LogP contribution in [0.25, 0.3) is 0 Å². The van der Waals surface area contributed by atoms with Crippen molar-refractivity contribution >= 4 is 0 Å². The Balaban J connectivity index is 2.18. The minimum Gasteiger partial charge on any atom is -0.324 e. The zero-order chi connectivity index (χ0) is 12.3. The Bertz CT molecular complexity index is 433. The van der Waals surface area contributed by atoms with Crippen molar-refractivity contribution in [3.8, 4) is 6.07 Å². The van der Waals surface area contributed by atoms with Crippen LogP contribution in [-0.4, -0.2) is 13.1 Å². The first-order valence-electron chi connectivity index (χ1n) is 5.88. The summed E-state index contributed by atoms with van der Waals surface area (Å²) in [6.07, 6.45) is 2.06. The van der Waals surface area contributed by atoms with Crippen LogP contribution in [0, 0.1) is 23.1 Å². The Morgan fingerprint density at radius 1 is 1.41 bits per heavy atom. The van der Waals surface area contributed by atoms with Gasteiger partial charge in [-0.2, -0.15) is 5.26 Å². The highest BCUT2D eigenvalue weighted by Gasteiger charge is 2.22. The second-order valence-electron chi connectivity index (χ2n) is 4.46. The van der Waals surface area contributed by atoms with Crippen LogP contribution in [0.15, 0.2) is 18.2 Å². The van der Waals surface area contributed by atoms with Crippen molar-refractivity contribution in [1.29, 1.82) is 5.26 Å². The lowest BCUT2D eigenvalue weighted by Gasteiger charge is -2.28. The van der Waals surface area contributed by atoms with Gasteiger partial charge in [-0.05, 0) is 49.5 Å². The van der Waals surface area contributed by atoms with Gasteiger partial charge >= 0.3 is 0 Å². The van der Waals surface area contributed by atoms with E-state index < -0.39 is 5.82 Å². The van der Waals surface area contributed by atoms with E-state index in [1.54, 1.807) is 12.1 Å². The van der Waals surface area contributed by atoms with Crippen LogP contribution >= 0.6 is 0 Å². The molecule has 0 spiro atoms. The summed E-state index contributed by atoms with van der Waals surface area (Å²) in [7, 11) is 0. The predicted octanol–water partition coefficient (Wildman–Crippen LogP) is 1.70. The maximum atomic E-state index is 13.2. The first kappa shape index (κ1) is 12.0. The number of hydrogen-bond acceptors (Lipinski definition) is 3. The lowest BCUT2D eigenvalue weighted by atomic mass is 9.86. The van der Waals surface area contributed by atoms with E-state index in [4.69, 9.17) is 11.0 Å². The van der Waals surface area contributed by atoms with Crippen LogP contribution in [0.2, 0.25) is 0 Å². The molecular formula is C13H16FN3. The molecule has 0 amide bonds. The fourth-order valence-corrected chi connectivity index (χ4v) is 2.31.